The van der Waals surface area contributed by atoms with Crippen molar-refractivity contribution < 1.29 is 0 Å². The first-order valence-corrected chi connectivity index (χ1v) is 8.91. The summed E-state index contributed by atoms with van der Waals surface area (Å²) in [5, 5.41) is 11.0. The molecule has 1 aromatic heterocycles. The summed E-state index contributed by atoms with van der Waals surface area (Å²) in [6.45, 7) is 5.72. The summed E-state index contributed by atoms with van der Waals surface area (Å²) < 4.78 is 1.96. The molecule has 5 nitrogen and oxygen atoms in total. The van der Waals surface area contributed by atoms with Crippen molar-refractivity contribution in [3.63, 3.8) is 0 Å². The summed E-state index contributed by atoms with van der Waals surface area (Å²) in [5.41, 5.74) is 1.45. The van der Waals surface area contributed by atoms with E-state index in [1.807, 2.05) is 23.1 Å². The molecule has 0 aliphatic heterocycles. The maximum Gasteiger partial charge on any atom is 0.191 e. The average Bonchev–Trinajstić information content (AvgIpc) is 3.21. The van der Waals surface area contributed by atoms with Gasteiger partial charge in [-0.3, -0.25) is 9.67 Å². The van der Waals surface area contributed by atoms with E-state index in [0.29, 0.717) is 11.8 Å². The molecule has 1 saturated carbocycles. The van der Waals surface area contributed by atoms with Crippen molar-refractivity contribution in [2.24, 2.45) is 10.9 Å². The van der Waals surface area contributed by atoms with Gasteiger partial charge in [-0.15, -0.1) is 0 Å². The van der Waals surface area contributed by atoms with Crippen molar-refractivity contribution in [2.45, 2.75) is 32.2 Å². The van der Waals surface area contributed by atoms with Crippen molar-refractivity contribution in [3.8, 4) is 0 Å². The zero-order valence-corrected chi connectivity index (χ0v) is 14.4. The third-order valence-corrected chi connectivity index (χ3v) is 4.39. The first-order valence-electron chi connectivity index (χ1n) is 8.91. The molecule has 1 aliphatic carbocycles. The highest BCUT2D eigenvalue weighted by Crippen LogP contribution is 2.47. The maximum absolute atomic E-state index is 4.76. The first kappa shape index (κ1) is 16.6. The smallest absolute Gasteiger partial charge is 0.191 e. The van der Waals surface area contributed by atoms with Gasteiger partial charge in [-0.1, -0.05) is 30.3 Å². The Bertz CT molecular complexity index is 620. The number of benzene rings is 1. The number of hydrogen-bond acceptors (Lipinski definition) is 2. The van der Waals surface area contributed by atoms with Crippen LogP contribution in [0.4, 0.5) is 0 Å². The van der Waals surface area contributed by atoms with Crippen LogP contribution in [0, 0.1) is 5.92 Å². The molecule has 2 atom stereocenters. The van der Waals surface area contributed by atoms with Crippen LogP contribution in [-0.4, -0.2) is 35.4 Å². The molecule has 1 fully saturated rings. The van der Waals surface area contributed by atoms with Crippen LogP contribution in [0.1, 0.15) is 31.2 Å². The normalized spacial score (nSPS) is 20.0. The number of rotatable bonds is 8. The predicted molar refractivity (Wildman–Crippen MR) is 98.1 cm³/mol. The van der Waals surface area contributed by atoms with E-state index in [-0.39, 0.29) is 0 Å². The summed E-state index contributed by atoms with van der Waals surface area (Å²) in [6, 6.07) is 12.7. The molecule has 2 unspecified atom stereocenters. The van der Waals surface area contributed by atoms with Crippen molar-refractivity contribution in [1.29, 1.82) is 0 Å². The SMILES string of the molecule is CCNC(=NCC1CC1c1ccccc1)NCCCn1cccn1. The van der Waals surface area contributed by atoms with Crippen molar-refractivity contribution in [2.75, 3.05) is 19.6 Å². The molecule has 0 amide bonds. The molecule has 2 N–H and O–H groups in total. The molecule has 1 aliphatic rings. The van der Waals surface area contributed by atoms with Crippen molar-refractivity contribution in [3.05, 3.63) is 54.4 Å². The Hall–Kier alpha value is -2.30. The van der Waals surface area contributed by atoms with E-state index < -0.39 is 0 Å². The van der Waals surface area contributed by atoms with Crippen LogP contribution in [0.2, 0.25) is 0 Å². The van der Waals surface area contributed by atoms with Gasteiger partial charge in [0.15, 0.2) is 5.96 Å². The van der Waals surface area contributed by atoms with Crippen LogP contribution in [0.3, 0.4) is 0 Å². The van der Waals surface area contributed by atoms with Crippen LogP contribution < -0.4 is 10.6 Å². The van der Waals surface area contributed by atoms with Gasteiger partial charge >= 0.3 is 0 Å². The Morgan fingerprint density at radius 2 is 2.12 bits per heavy atom. The van der Waals surface area contributed by atoms with Crippen LogP contribution in [-0.2, 0) is 6.54 Å². The fourth-order valence-electron chi connectivity index (χ4n) is 2.99. The molecule has 24 heavy (non-hydrogen) atoms. The lowest BCUT2D eigenvalue weighted by molar-refractivity contribution is 0.570. The van der Waals surface area contributed by atoms with Gasteiger partial charge in [0.05, 0.1) is 0 Å². The quantitative estimate of drug-likeness (QED) is 0.446. The number of hydrogen-bond donors (Lipinski definition) is 2. The topological polar surface area (TPSA) is 54.2 Å². The largest absolute Gasteiger partial charge is 0.357 e. The highest BCUT2D eigenvalue weighted by molar-refractivity contribution is 5.79. The highest BCUT2D eigenvalue weighted by Gasteiger charge is 2.37. The van der Waals surface area contributed by atoms with Crippen LogP contribution in [0.5, 0.6) is 0 Å². The van der Waals surface area contributed by atoms with Crippen molar-refractivity contribution >= 4 is 5.96 Å². The van der Waals surface area contributed by atoms with Gasteiger partial charge in [0.2, 0.25) is 0 Å². The van der Waals surface area contributed by atoms with E-state index in [0.717, 1.165) is 38.6 Å². The van der Waals surface area contributed by atoms with Gasteiger partial charge in [0.1, 0.15) is 0 Å². The van der Waals surface area contributed by atoms with Crippen LogP contribution in [0.15, 0.2) is 53.8 Å². The van der Waals surface area contributed by atoms with Crippen LogP contribution >= 0.6 is 0 Å². The third-order valence-electron chi connectivity index (χ3n) is 4.39. The zero-order chi connectivity index (χ0) is 16.6. The minimum absolute atomic E-state index is 0.687. The number of guanidine groups is 1. The molecular formula is C19H27N5. The molecule has 1 heterocycles. The molecule has 0 saturated heterocycles. The predicted octanol–water partition coefficient (Wildman–Crippen LogP) is 2.63. The Kier molecular flexibility index (Phi) is 5.88. The molecule has 1 aromatic carbocycles. The Labute approximate surface area is 144 Å². The van der Waals surface area contributed by atoms with Gasteiger partial charge in [-0.05, 0) is 43.2 Å². The van der Waals surface area contributed by atoms with E-state index in [9.17, 15) is 0 Å². The molecule has 0 radical (unpaired) electrons. The summed E-state index contributed by atoms with van der Waals surface area (Å²) in [5.74, 6) is 2.31. The molecule has 128 valence electrons. The van der Waals surface area contributed by atoms with Crippen molar-refractivity contribution in [1.82, 2.24) is 20.4 Å². The lowest BCUT2D eigenvalue weighted by atomic mass is 10.1. The second kappa shape index (κ2) is 8.52. The average molecular weight is 325 g/mol. The number of aryl methyl sites for hydroxylation is 1. The number of nitrogens with one attached hydrogen (secondary N) is 2. The van der Waals surface area contributed by atoms with E-state index in [2.05, 4.69) is 53.0 Å². The van der Waals surface area contributed by atoms with Crippen LogP contribution in [0.25, 0.3) is 0 Å². The molecular weight excluding hydrogens is 298 g/mol. The third kappa shape index (κ3) is 4.85. The number of aromatic nitrogens is 2. The second-order valence-corrected chi connectivity index (χ2v) is 6.28. The zero-order valence-electron chi connectivity index (χ0n) is 14.4. The van der Waals surface area contributed by atoms with E-state index >= 15 is 0 Å². The van der Waals surface area contributed by atoms with Gasteiger partial charge in [-0.25, -0.2) is 0 Å². The van der Waals surface area contributed by atoms with Gasteiger partial charge in [0.25, 0.3) is 0 Å². The summed E-state index contributed by atoms with van der Waals surface area (Å²) >= 11 is 0. The Morgan fingerprint density at radius 1 is 1.25 bits per heavy atom. The summed E-state index contributed by atoms with van der Waals surface area (Å²) in [7, 11) is 0. The summed E-state index contributed by atoms with van der Waals surface area (Å²) in [6.07, 6.45) is 6.10. The molecule has 3 rings (SSSR count). The molecule has 2 aromatic rings. The Balaban J connectivity index is 1.41. The molecule has 0 bridgehead atoms. The van der Waals surface area contributed by atoms with Gasteiger partial charge < -0.3 is 10.6 Å². The number of nitrogens with zero attached hydrogens (tertiary/aromatic N) is 3. The van der Waals surface area contributed by atoms with E-state index in [1.165, 1.54) is 12.0 Å². The monoisotopic (exact) mass is 325 g/mol. The molecule has 0 spiro atoms. The minimum Gasteiger partial charge on any atom is -0.357 e. The highest BCUT2D eigenvalue weighted by atomic mass is 15.3. The van der Waals surface area contributed by atoms with E-state index in [1.54, 1.807) is 0 Å². The standard InChI is InChI=1S/C19H27N5/c1-2-20-19(21-10-6-12-24-13-7-11-23-24)22-15-17-14-18(17)16-8-4-3-5-9-16/h3-5,7-9,11,13,17-18H,2,6,10,12,14-15H2,1H3,(H2,20,21,22). The first-order chi connectivity index (χ1) is 11.9. The fourth-order valence-corrected chi connectivity index (χ4v) is 2.99. The summed E-state index contributed by atoms with van der Waals surface area (Å²) in [4.78, 5) is 4.76. The fraction of sp³-hybridized carbons (Fsp3) is 0.474. The van der Waals surface area contributed by atoms with Gasteiger partial charge in [-0.2, -0.15) is 5.10 Å². The second-order valence-electron chi connectivity index (χ2n) is 6.28. The maximum atomic E-state index is 4.76. The molecule has 5 heteroatoms. The minimum atomic E-state index is 0.687. The lowest BCUT2D eigenvalue weighted by Gasteiger charge is -2.11. The van der Waals surface area contributed by atoms with Gasteiger partial charge in [0, 0.05) is 38.6 Å². The van der Waals surface area contributed by atoms with E-state index in [4.69, 9.17) is 4.99 Å². The Morgan fingerprint density at radius 3 is 2.88 bits per heavy atom. The number of aliphatic imine (C=N–C) groups is 1. The lowest BCUT2D eigenvalue weighted by Crippen LogP contribution is -2.38.